The first-order valence-electron chi connectivity index (χ1n) is 6.11. The fraction of sp³-hybridized carbons (Fsp3) is 0.0769. The predicted octanol–water partition coefficient (Wildman–Crippen LogP) is 0.164. The van der Waals surface area contributed by atoms with Crippen molar-refractivity contribution >= 4 is 11.7 Å². The lowest BCUT2D eigenvalue weighted by molar-refractivity contribution is 0.0606. The monoisotopic (exact) mass is 269 g/mol. The molecule has 0 saturated heterocycles. The van der Waals surface area contributed by atoms with Crippen molar-refractivity contribution in [3.05, 3.63) is 59.8 Å². The van der Waals surface area contributed by atoms with Crippen molar-refractivity contribution < 1.29 is 9.90 Å². The highest BCUT2D eigenvalue weighted by Crippen LogP contribution is 2.33. The Bertz CT molecular complexity index is 723. The third kappa shape index (κ3) is 1.41. The molecule has 0 bridgehead atoms. The van der Waals surface area contributed by atoms with E-state index in [1.165, 1.54) is 6.33 Å². The Morgan fingerprint density at radius 1 is 1.25 bits per heavy atom. The van der Waals surface area contributed by atoms with E-state index in [2.05, 4.69) is 20.7 Å². The molecule has 7 heteroatoms. The number of carbonyl (C=O) groups is 1. The van der Waals surface area contributed by atoms with Crippen LogP contribution >= 0.6 is 0 Å². The molecule has 3 heterocycles. The number of carbonyl (C=O) groups excluding carboxylic acids is 1. The minimum absolute atomic E-state index is 0.279. The summed E-state index contributed by atoms with van der Waals surface area (Å²) in [6.07, 6.45) is 2.99. The first kappa shape index (κ1) is 11.2. The van der Waals surface area contributed by atoms with Gasteiger partial charge in [0.15, 0.2) is 17.2 Å². The molecule has 4 N–H and O–H groups in total. The van der Waals surface area contributed by atoms with Gasteiger partial charge in [0.05, 0.1) is 6.33 Å². The number of H-pyrrole nitrogens is 1. The van der Waals surface area contributed by atoms with E-state index in [0.29, 0.717) is 22.9 Å². The van der Waals surface area contributed by atoms with Gasteiger partial charge in [-0.15, -0.1) is 0 Å². The number of benzene rings is 1. The van der Waals surface area contributed by atoms with Gasteiger partial charge < -0.3 is 15.4 Å². The molecule has 4 rings (SSSR count). The topological polar surface area (TPSA) is 93.3 Å². The average Bonchev–Trinajstić information content (AvgIpc) is 3.05. The Morgan fingerprint density at radius 2 is 2.05 bits per heavy atom. The molecular formula is C13H11N5O2. The highest BCUT2D eigenvalue weighted by molar-refractivity contribution is 6.01. The number of imidazole rings is 1. The number of nitrogens with one attached hydrogen (secondary N) is 3. The van der Waals surface area contributed by atoms with Crippen molar-refractivity contribution in [2.45, 2.75) is 5.72 Å². The summed E-state index contributed by atoms with van der Waals surface area (Å²) in [5, 5.41) is 15.0. The van der Waals surface area contributed by atoms with Crippen molar-refractivity contribution in [3.8, 4) is 0 Å². The summed E-state index contributed by atoms with van der Waals surface area (Å²) in [4.78, 5) is 18.8. The van der Waals surface area contributed by atoms with E-state index in [-0.39, 0.29) is 5.91 Å². The maximum atomic E-state index is 11.9. The van der Waals surface area contributed by atoms with Crippen LogP contribution in [0.4, 0.5) is 5.82 Å². The fourth-order valence-electron chi connectivity index (χ4n) is 2.43. The van der Waals surface area contributed by atoms with Gasteiger partial charge in [-0.1, -0.05) is 30.3 Å². The van der Waals surface area contributed by atoms with Crippen molar-refractivity contribution in [2.75, 3.05) is 5.01 Å². The molecule has 2 aromatic rings. The number of aromatic nitrogens is 2. The molecular weight excluding hydrogens is 258 g/mol. The number of nitrogens with zero attached hydrogens (tertiary/aromatic N) is 2. The summed E-state index contributed by atoms with van der Waals surface area (Å²) in [5.74, 6) is 0.618. The van der Waals surface area contributed by atoms with Crippen LogP contribution in [0.25, 0.3) is 0 Å². The molecule has 100 valence electrons. The van der Waals surface area contributed by atoms with E-state index in [0.717, 1.165) is 0 Å². The number of aliphatic hydroxyl groups is 1. The molecule has 2 aliphatic rings. The number of amides is 1. The lowest BCUT2D eigenvalue weighted by Gasteiger charge is -2.28. The van der Waals surface area contributed by atoms with Crippen molar-refractivity contribution in [1.29, 1.82) is 0 Å². The Balaban J connectivity index is 1.80. The fourth-order valence-corrected chi connectivity index (χ4v) is 2.43. The van der Waals surface area contributed by atoms with Crippen LogP contribution in [-0.2, 0) is 5.72 Å². The number of hydrogen-bond donors (Lipinski definition) is 4. The van der Waals surface area contributed by atoms with Crippen LogP contribution in [0, 0.1) is 0 Å². The molecule has 0 spiro atoms. The zero-order valence-corrected chi connectivity index (χ0v) is 10.3. The number of anilines is 1. The van der Waals surface area contributed by atoms with E-state index >= 15 is 0 Å². The number of hydrogen-bond acceptors (Lipinski definition) is 5. The van der Waals surface area contributed by atoms with Crippen molar-refractivity contribution in [2.24, 2.45) is 0 Å². The molecule has 0 aliphatic carbocycles. The lowest BCUT2D eigenvalue weighted by Crippen LogP contribution is -2.49. The zero-order chi connectivity index (χ0) is 13.7. The number of aromatic amines is 1. The molecule has 0 saturated carbocycles. The van der Waals surface area contributed by atoms with Gasteiger partial charge >= 0.3 is 0 Å². The molecule has 20 heavy (non-hydrogen) atoms. The molecule has 1 amide bonds. The maximum Gasteiger partial charge on any atom is 0.277 e. The van der Waals surface area contributed by atoms with E-state index < -0.39 is 5.72 Å². The predicted molar refractivity (Wildman–Crippen MR) is 70.1 cm³/mol. The third-order valence-corrected chi connectivity index (χ3v) is 3.38. The second-order valence-electron chi connectivity index (χ2n) is 4.66. The molecule has 7 nitrogen and oxygen atoms in total. The van der Waals surface area contributed by atoms with Gasteiger partial charge in [0.1, 0.15) is 5.82 Å². The Kier molecular flexibility index (Phi) is 2.07. The first-order valence-corrected chi connectivity index (χ1v) is 6.11. The van der Waals surface area contributed by atoms with Crippen LogP contribution < -0.4 is 15.8 Å². The van der Waals surface area contributed by atoms with Gasteiger partial charge in [-0.2, -0.15) is 5.43 Å². The standard InChI is InChI=1S/C13H11N5O2/c19-12-10-11(15-7-14-10)18-9(16-12)6-13(20,17-18)8-4-2-1-3-5-8/h1-7,17,20H,(H,14,15)(H,16,19). The normalized spacial score (nSPS) is 23.9. The van der Waals surface area contributed by atoms with Crippen LogP contribution in [0.5, 0.6) is 0 Å². The van der Waals surface area contributed by atoms with Crippen LogP contribution in [0.2, 0.25) is 0 Å². The van der Waals surface area contributed by atoms with E-state index in [1.54, 1.807) is 23.2 Å². The smallest absolute Gasteiger partial charge is 0.277 e. The lowest BCUT2D eigenvalue weighted by atomic mass is 10.0. The van der Waals surface area contributed by atoms with Gasteiger partial charge in [-0.25, -0.2) is 9.99 Å². The SMILES string of the molecule is O=C1NC2=CC(O)(c3ccccc3)NN2c2nc[nH]c21. The molecule has 1 atom stereocenters. The number of hydrazine groups is 1. The Morgan fingerprint density at radius 3 is 2.85 bits per heavy atom. The van der Waals surface area contributed by atoms with Gasteiger partial charge in [0, 0.05) is 11.6 Å². The zero-order valence-electron chi connectivity index (χ0n) is 10.3. The van der Waals surface area contributed by atoms with Crippen LogP contribution in [-0.4, -0.2) is 21.0 Å². The van der Waals surface area contributed by atoms with E-state index in [4.69, 9.17) is 0 Å². The largest absolute Gasteiger partial charge is 0.367 e. The van der Waals surface area contributed by atoms with Gasteiger partial charge in [-0.3, -0.25) is 4.79 Å². The van der Waals surface area contributed by atoms with E-state index in [1.807, 2.05) is 18.2 Å². The second-order valence-corrected chi connectivity index (χ2v) is 4.66. The third-order valence-electron chi connectivity index (χ3n) is 3.38. The van der Waals surface area contributed by atoms with Gasteiger partial charge in [0.25, 0.3) is 5.91 Å². The van der Waals surface area contributed by atoms with Gasteiger partial charge in [-0.05, 0) is 0 Å². The maximum absolute atomic E-state index is 11.9. The molecule has 0 fully saturated rings. The molecule has 1 aromatic heterocycles. The van der Waals surface area contributed by atoms with Crippen LogP contribution in [0.1, 0.15) is 16.1 Å². The van der Waals surface area contributed by atoms with Gasteiger partial charge in [0.2, 0.25) is 0 Å². The Labute approximate surface area is 113 Å². The Hall–Kier alpha value is -2.64. The first-order chi connectivity index (χ1) is 9.67. The summed E-state index contributed by atoms with van der Waals surface area (Å²) in [6.45, 7) is 0. The summed E-state index contributed by atoms with van der Waals surface area (Å²) in [6, 6.07) is 9.15. The van der Waals surface area contributed by atoms with Crippen molar-refractivity contribution in [1.82, 2.24) is 20.7 Å². The summed E-state index contributed by atoms with van der Waals surface area (Å²) < 4.78 is 0. The molecule has 1 aromatic carbocycles. The summed E-state index contributed by atoms with van der Waals surface area (Å²) in [7, 11) is 0. The summed E-state index contributed by atoms with van der Waals surface area (Å²) in [5.41, 5.74) is 2.59. The highest BCUT2D eigenvalue weighted by Gasteiger charge is 2.42. The molecule has 2 aliphatic heterocycles. The minimum Gasteiger partial charge on any atom is -0.367 e. The second kappa shape index (κ2) is 3.69. The quantitative estimate of drug-likeness (QED) is 0.592. The molecule has 0 radical (unpaired) electrons. The number of fused-ring (bicyclic) bond motifs is 3. The van der Waals surface area contributed by atoms with E-state index in [9.17, 15) is 9.90 Å². The van der Waals surface area contributed by atoms with Crippen LogP contribution in [0.15, 0.2) is 48.6 Å². The summed E-state index contributed by atoms with van der Waals surface area (Å²) >= 11 is 0. The van der Waals surface area contributed by atoms with Crippen LogP contribution in [0.3, 0.4) is 0 Å². The minimum atomic E-state index is -1.38. The van der Waals surface area contributed by atoms with Crippen molar-refractivity contribution in [3.63, 3.8) is 0 Å². The number of rotatable bonds is 1. The average molecular weight is 269 g/mol. The highest BCUT2D eigenvalue weighted by atomic mass is 16.3. The molecule has 1 unspecified atom stereocenters.